The van der Waals surface area contributed by atoms with Gasteiger partial charge in [-0.2, -0.15) is 0 Å². The molecule has 0 aliphatic carbocycles. The van der Waals surface area contributed by atoms with Crippen molar-refractivity contribution in [2.75, 3.05) is 6.26 Å². The average molecular weight is 189 g/mol. The van der Waals surface area contributed by atoms with E-state index in [-0.39, 0.29) is 10.8 Å². The lowest BCUT2D eigenvalue weighted by Gasteiger charge is -1.99. The number of aromatic nitrogens is 1. The maximum atomic E-state index is 11.1. The molecule has 0 saturated heterocycles. The van der Waals surface area contributed by atoms with E-state index in [1.165, 1.54) is 4.57 Å². The topological polar surface area (TPSA) is 59.3 Å². The van der Waals surface area contributed by atoms with Crippen LogP contribution in [0, 0.1) is 6.92 Å². The molecule has 5 heteroatoms. The molecule has 1 heterocycles. The van der Waals surface area contributed by atoms with Crippen molar-refractivity contribution >= 4 is 9.84 Å². The molecule has 0 amide bonds. The lowest BCUT2D eigenvalue weighted by molar-refractivity contribution is 0.450. The molecule has 1 rings (SSSR count). The number of aromatic hydroxyl groups is 1. The van der Waals surface area contributed by atoms with Gasteiger partial charge in [-0.1, -0.05) is 0 Å². The fourth-order valence-electron chi connectivity index (χ4n) is 1.18. The normalized spacial score (nSPS) is 11.9. The van der Waals surface area contributed by atoms with E-state index in [1.54, 1.807) is 20.2 Å². The Hall–Kier alpha value is -0.970. The van der Waals surface area contributed by atoms with Crippen LogP contribution in [0.2, 0.25) is 0 Å². The molecule has 1 N–H and O–H groups in total. The van der Waals surface area contributed by atoms with Crippen molar-refractivity contribution in [1.82, 2.24) is 4.57 Å². The Balaban J connectivity index is 3.54. The fourth-order valence-corrected chi connectivity index (χ4v) is 2.27. The summed E-state index contributed by atoms with van der Waals surface area (Å²) in [6.07, 6.45) is 2.65. The van der Waals surface area contributed by atoms with E-state index in [4.69, 9.17) is 0 Å². The van der Waals surface area contributed by atoms with Gasteiger partial charge in [-0.05, 0) is 6.92 Å². The first-order valence-corrected chi connectivity index (χ1v) is 5.28. The van der Waals surface area contributed by atoms with Crippen LogP contribution in [0.5, 0.6) is 5.75 Å². The van der Waals surface area contributed by atoms with Gasteiger partial charge in [0, 0.05) is 25.1 Å². The second-order valence-electron chi connectivity index (χ2n) is 2.85. The average Bonchev–Trinajstić information content (AvgIpc) is 2.05. The molecular weight excluding hydrogens is 178 g/mol. The van der Waals surface area contributed by atoms with Crippen molar-refractivity contribution in [3.63, 3.8) is 0 Å². The Kier molecular flexibility index (Phi) is 1.91. The third kappa shape index (κ3) is 1.32. The van der Waals surface area contributed by atoms with Crippen LogP contribution in [0.4, 0.5) is 0 Å². The van der Waals surface area contributed by atoms with Crippen LogP contribution < -0.4 is 0 Å². The lowest BCUT2D eigenvalue weighted by Crippen LogP contribution is -2.03. The van der Waals surface area contributed by atoms with Crippen LogP contribution in [0.25, 0.3) is 0 Å². The summed E-state index contributed by atoms with van der Waals surface area (Å²) >= 11 is 0. The van der Waals surface area contributed by atoms with E-state index in [1.807, 2.05) is 0 Å². The largest absolute Gasteiger partial charge is 0.505 e. The van der Waals surface area contributed by atoms with Crippen LogP contribution in [0.15, 0.2) is 11.2 Å². The van der Waals surface area contributed by atoms with Crippen molar-refractivity contribution in [2.45, 2.75) is 11.9 Å². The summed E-state index contributed by atoms with van der Waals surface area (Å²) in [6.45, 7) is 1.66. The number of aryl methyl sites for hydroxylation is 2. The first-order chi connectivity index (χ1) is 5.34. The summed E-state index contributed by atoms with van der Waals surface area (Å²) in [5, 5.41) is 9.33. The van der Waals surface area contributed by atoms with Gasteiger partial charge in [-0.15, -0.1) is 0 Å². The molecule has 1 aromatic rings. The van der Waals surface area contributed by atoms with E-state index < -0.39 is 9.84 Å². The van der Waals surface area contributed by atoms with E-state index in [0.29, 0.717) is 5.56 Å². The smallest absolute Gasteiger partial charge is 0.194 e. The molecule has 4 nitrogen and oxygen atoms in total. The highest BCUT2D eigenvalue weighted by molar-refractivity contribution is 7.90. The molecule has 1 aromatic heterocycles. The Morgan fingerprint density at radius 2 is 2.00 bits per heavy atom. The number of hydrogen-bond acceptors (Lipinski definition) is 3. The molecule has 68 valence electrons. The highest BCUT2D eigenvalue weighted by Gasteiger charge is 2.19. The number of hydrogen-bond donors (Lipinski definition) is 1. The van der Waals surface area contributed by atoms with Crippen LogP contribution in [0.3, 0.4) is 0 Å². The van der Waals surface area contributed by atoms with Gasteiger partial charge in [0.1, 0.15) is 0 Å². The number of rotatable bonds is 1. The lowest BCUT2D eigenvalue weighted by atomic mass is 10.4. The van der Waals surface area contributed by atoms with Gasteiger partial charge in [-0.3, -0.25) is 0 Å². The summed E-state index contributed by atoms with van der Waals surface area (Å²) in [5.74, 6) is -0.153. The summed E-state index contributed by atoms with van der Waals surface area (Å²) < 4.78 is 23.6. The monoisotopic (exact) mass is 189 g/mol. The Bertz CT molecular complexity index is 403. The van der Waals surface area contributed by atoms with Crippen LogP contribution >= 0.6 is 0 Å². The Labute approximate surface area is 71.4 Å². The predicted octanol–water partition coefficient (Wildman–Crippen LogP) is 0.443. The van der Waals surface area contributed by atoms with Gasteiger partial charge in [0.2, 0.25) is 0 Å². The summed E-state index contributed by atoms with van der Waals surface area (Å²) in [7, 11) is -1.74. The highest BCUT2D eigenvalue weighted by Crippen LogP contribution is 2.27. The molecule has 0 atom stereocenters. The third-order valence-electron chi connectivity index (χ3n) is 1.63. The number of sulfone groups is 1. The molecular formula is C7H11NO3S. The Morgan fingerprint density at radius 1 is 1.50 bits per heavy atom. The first kappa shape index (κ1) is 9.12. The molecule has 0 bridgehead atoms. The summed E-state index contributed by atoms with van der Waals surface area (Å²) in [4.78, 5) is 0. The minimum Gasteiger partial charge on any atom is -0.505 e. The summed E-state index contributed by atoms with van der Waals surface area (Å²) in [5.41, 5.74) is 0.568. The highest BCUT2D eigenvalue weighted by atomic mass is 32.2. The fraction of sp³-hybridized carbons (Fsp3) is 0.429. The molecule has 0 saturated carbocycles. The van der Waals surface area contributed by atoms with Crippen LogP contribution in [-0.2, 0) is 16.9 Å². The van der Waals surface area contributed by atoms with Gasteiger partial charge in [-0.25, -0.2) is 8.42 Å². The second-order valence-corrected chi connectivity index (χ2v) is 4.78. The first-order valence-electron chi connectivity index (χ1n) is 3.39. The van der Waals surface area contributed by atoms with Gasteiger partial charge >= 0.3 is 0 Å². The minimum absolute atomic E-state index is 0.0278. The van der Waals surface area contributed by atoms with Gasteiger partial charge in [0.15, 0.2) is 20.6 Å². The second kappa shape index (κ2) is 2.52. The SMILES string of the molecule is Cc1cn(C)c(S(C)(=O)=O)c1O. The molecule has 0 fully saturated rings. The van der Waals surface area contributed by atoms with Gasteiger partial charge < -0.3 is 9.67 Å². The molecule has 0 spiro atoms. The molecule has 0 aliphatic rings. The van der Waals surface area contributed by atoms with Gasteiger partial charge in [0.05, 0.1) is 0 Å². The van der Waals surface area contributed by atoms with E-state index in [2.05, 4.69) is 0 Å². The third-order valence-corrected chi connectivity index (χ3v) is 2.82. The maximum absolute atomic E-state index is 11.1. The van der Waals surface area contributed by atoms with Crippen LogP contribution in [-0.4, -0.2) is 24.3 Å². The van der Waals surface area contributed by atoms with E-state index >= 15 is 0 Å². The summed E-state index contributed by atoms with van der Waals surface area (Å²) in [6, 6.07) is 0. The minimum atomic E-state index is -3.33. The van der Waals surface area contributed by atoms with Crippen molar-refractivity contribution < 1.29 is 13.5 Å². The van der Waals surface area contributed by atoms with Crippen molar-refractivity contribution in [3.05, 3.63) is 11.8 Å². The zero-order chi connectivity index (χ0) is 9.52. The van der Waals surface area contributed by atoms with Crippen LogP contribution in [0.1, 0.15) is 5.56 Å². The zero-order valence-electron chi connectivity index (χ0n) is 7.20. The van der Waals surface area contributed by atoms with Crippen molar-refractivity contribution in [1.29, 1.82) is 0 Å². The number of nitrogens with zero attached hydrogens (tertiary/aromatic N) is 1. The van der Waals surface area contributed by atoms with Crippen molar-refractivity contribution in [3.8, 4) is 5.75 Å². The molecule has 12 heavy (non-hydrogen) atoms. The molecule has 0 aromatic carbocycles. The van der Waals surface area contributed by atoms with E-state index in [9.17, 15) is 13.5 Å². The molecule has 0 unspecified atom stereocenters. The molecule has 0 aliphatic heterocycles. The quantitative estimate of drug-likeness (QED) is 0.697. The maximum Gasteiger partial charge on any atom is 0.194 e. The standard InChI is InChI=1S/C7H11NO3S/c1-5-4-8(2)7(6(5)9)12(3,10)11/h4,9H,1-3H3. The zero-order valence-corrected chi connectivity index (χ0v) is 8.01. The Morgan fingerprint density at radius 3 is 2.17 bits per heavy atom. The van der Waals surface area contributed by atoms with E-state index in [0.717, 1.165) is 6.26 Å². The van der Waals surface area contributed by atoms with Gasteiger partial charge in [0.25, 0.3) is 0 Å². The molecule has 0 radical (unpaired) electrons. The van der Waals surface area contributed by atoms with Crippen molar-refractivity contribution in [2.24, 2.45) is 7.05 Å². The predicted molar refractivity (Wildman–Crippen MR) is 44.9 cm³/mol.